The molecular weight excluding hydrogens is 126 g/mol. The normalized spacial score (nSPS) is 5.70. The lowest BCUT2D eigenvalue weighted by Gasteiger charge is -1.92. The van der Waals surface area contributed by atoms with Gasteiger partial charge in [-0.1, -0.05) is 34.3 Å². The molecule has 1 N–H and O–H groups in total. The van der Waals surface area contributed by atoms with E-state index in [9.17, 15) is 0 Å². The van der Waals surface area contributed by atoms with E-state index in [0.717, 1.165) is 0 Å². The van der Waals surface area contributed by atoms with Gasteiger partial charge in [-0.2, -0.15) is 0 Å². The van der Waals surface area contributed by atoms with Gasteiger partial charge in [0, 0.05) is 7.11 Å². The zero-order chi connectivity index (χ0) is 8.83. The van der Waals surface area contributed by atoms with Crippen LogP contribution in [-0.4, -0.2) is 13.8 Å². The molecular formula is C8H21NO. The molecule has 0 unspecified atom stereocenters. The van der Waals surface area contributed by atoms with Crippen LogP contribution in [0, 0.1) is 0 Å². The number of methoxy groups -OCH3 is 1. The first kappa shape index (κ1) is 16.2. The molecule has 0 fully saturated rings. The molecule has 0 aliphatic rings. The van der Waals surface area contributed by atoms with E-state index < -0.39 is 0 Å². The van der Waals surface area contributed by atoms with E-state index in [2.05, 4.69) is 16.6 Å². The summed E-state index contributed by atoms with van der Waals surface area (Å²) in [6.45, 7) is 12.0. The molecule has 0 amide bonds. The van der Waals surface area contributed by atoms with E-state index in [4.69, 9.17) is 0 Å². The van der Waals surface area contributed by atoms with Gasteiger partial charge in [0.2, 0.25) is 0 Å². The largest absolute Gasteiger partial charge is 0.369 e. The van der Waals surface area contributed by atoms with Crippen LogP contribution in [0.3, 0.4) is 0 Å². The predicted molar refractivity (Wildman–Crippen MR) is 47.9 cm³/mol. The highest BCUT2D eigenvalue weighted by atomic mass is 16.5. The quantitative estimate of drug-likeness (QED) is 0.489. The maximum absolute atomic E-state index is 4.60. The molecule has 0 spiro atoms. The third kappa shape index (κ3) is 50.7. The first-order valence-corrected chi connectivity index (χ1v) is 3.75. The molecule has 2 heteroatoms. The van der Waals surface area contributed by atoms with Crippen LogP contribution >= 0.6 is 0 Å². The molecule has 0 rings (SSSR count). The minimum Gasteiger partial charge on any atom is -0.369 e. The number of ether oxygens (including phenoxy) is 1. The molecule has 0 heterocycles. The average molecular weight is 147 g/mol. The van der Waals surface area contributed by atoms with Gasteiger partial charge in [0.1, 0.15) is 6.73 Å². The molecule has 0 aliphatic heterocycles. The van der Waals surface area contributed by atoms with Crippen molar-refractivity contribution in [3.8, 4) is 0 Å². The molecule has 10 heavy (non-hydrogen) atoms. The van der Waals surface area contributed by atoms with Crippen molar-refractivity contribution in [2.45, 2.75) is 27.7 Å². The third-order valence-electron chi connectivity index (χ3n) is 0.372. The fourth-order valence-corrected chi connectivity index (χ4v) is 0.142. The van der Waals surface area contributed by atoms with Crippen molar-refractivity contribution in [3.63, 3.8) is 0 Å². The van der Waals surface area contributed by atoms with Gasteiger partial charge >= 0.3 is 0 Å². The lowest BCUT2D eigenvalue weighted by molar-refractivity contribution is 0.188. The molecule has 64 valence electrons. The summed E-state index contributed by atoms with van der Waals surface area (Å²) in [5.41, 5.74) is 0. The molecule has 0 aromatic heterocycles. The minimum atomic E-state index is 0.545. The van der Waals surface area contributed by atoms with Gasteiger partial charge in [-0.15, -0.1) is 0 Å². The fourth-order valence-electron chi connectivity index (χ4n) is 0.142. The van der Waals surface area contributed by atoms with Gasteiger partial charge in [0.05, 0.1) is 0 Å². The Bertz CT molecular complexity index is 38.2. The van der Waals surface area contributed by atoms with Crippen LogP contribution in [0.25, 0.3) is 0 Å². The summed E-state index contributed by atoms with van der Waals surface area (Å²) < 4.78 is 4.60. The second-order valence-electron chi connectivity index (χ2n) is 0.841. The van der Waals surface area contributed by atoms with E-state index in [-0.39, 0.29) is 0 Å². The Labute approximate surface area is 65.3 Å². The van der Waals surface area contributed by atoms with Crippen LogP contribution in [0.1, 0.15) is 27.7 Å². The Morgan fingerprint density at radius 2 is 1.70 bits per heavy atom. The van der Waals surface area contributed by atoms with Gasteiger partial charge in [-0.05, 0) is 6.20 Å². The van der Waals surface area contributed by atoms with Crippen molar-refractivity contribution in [2.75, 3.05) is 13.8 Å². The summed E-state index contributed by atoms with van der Waals surface area (Å²) in [5, 5.41) is 2.74. The smallest absolute Gasteiger partial charge is 0.115 e. The molecule has 2 nitrogen and oxygen atoms in total. The van der Waals surface area contributed by atoms with Gasteiger partial charge in [0.15, 0.2) is 0 Å². The Hall–Kier alpha value is -0.500. The van der Waals surface area contributed by atoms with Crippen molar-refractivity contribution in [2.24, 2.45) is 0 Å². The molecule has 0 bridgehead atoms. The molecule has 0 radical (unpaired) electrons. The van der Waals surface area contributed by atoms with Gasteiger partial charge in [0.25, 0.3) is 0 Å². The molecule has 0 saturated carbocycles. The van der Waals surface area contributed by atoms with Gasteiger partial charge in [-0.25, -0.2) is 0 Å². The van der Waals surface area contributed by atoms with Crippen molar-refractivity contribution < 1.29 is 4.74 Å². The van der Waals surface area contributed by atoms with Crippen molar-refractivity contribution in [1.29, 1.82) is 0 Å². The number of nitrogens with one attached hydrogen (secondary N) is 1. The molecule has 0 aromatic carbocycles. The maximum Gasteiger partial charge on any atom is 0.115 e. The number of rotatable bonds is 3. The summed E-state index contributed by atoms with van der Waals surface area (Å²) >= 11 is 0. The zero-order valence-corrected chi connectivity index (χ0v) is 7.90. The zero-order valence-electron chi connectivity index (χ0n) is 7.90. The van der Waals surface area contributed by atoms with Crippen LogP contribution in [0.4, 0.5) is 0 Å². The van der Waals surface area contributed by atoms with Gasteiger partial charge < -0.3 is 10.1 Å². The second-order valence-corrected chi connectivity index (χ2v) is 0.841. The Morgan fingerprint density at radius 1 is 1.30 bits per heavy atom. The van der Waals surface area contributed by atoms with Crippen LogP contribution in [-0.2, 0) is 4.74 Å². The topological polar surface area (TPSA) is 21.3 Å². The average Bonchev–Trinajstić information content (AvgIpc) is 2.08. The molecule has 0 aliphatic carbocycles. The number of hydrogen-bond acceptors (Lipinski definition) is 2. The van der Waals surface area contributed by atoms with Crippen molar-refractivity contribution in [3.05, 3.63) is 12.8 Å². The van der Waals surface area contributed by atoms with E-state index >= 15 is 0 Å². The highest BCUT2D eigenvalue weighted by molar-refractivity contribution is 4.57. The highest BCUT2D eigenvalue weighted by Crippen LogP contribution is 1.55. The summed E-state index contributed by atoms with van der Waals surface area (Å²) in [4.78, 5) is 0. The van der Waals surface area contributed by atoms with E-state index in [0.29, 0.717) is 6.73 Å². The summed E-state index contributed by atoms with van der Waals surface area (Å²) in [6, 6.07) is 0. The lowest BCUT2D eigenvalue weighted by Crippen LogP contribution is -2.06. The summed E-state index contributed by atoms with van der Waals surface area (Å²) in [7, 11) is 1.62. The maximum atomic E-state index is 4.60. The van der Waals surface area contributed by atoms with Gasteiger partial charge in [-0.3, -0.25) is 0 Å². The van der Waals surface area contributed by atoms with Crippen LogP contribution in [0.2, 0.25) is 0 Å². The lowest BCUT2D eigenvalue weighted by atomic mass is 11.0. The monoisotopic (exact) mass is 147 g/mol. The number of hydrogen-bond donors (Lipinski definition) is 1. The Balaban J connectivity index is -0.000000105. The molecule has 0 saturated heterocycles. The Morgan fingerprint density at radius 3 is 1.80 bits per heavy atom. The van der Waals surface area contributed by atoms with Crippen LogP contribution < -0.4 is 5.32 Å². The van der Waals surface area contributed by atoms with Crippen LogP contribution in [0.5, 0.6) is 0 Å². The van der Waals surface area contributed by atoms with E-state index in [1.54, 1.807) is 13.3 Å². The van der Waals surface area contributed by atoms with Crippen LogP contribution in [0.15, 0.2) is 12.8 Å². The summed E-state index contributed by atoms with van der Waals surface area (Å²) in [6.07, 6.45) is 1.59. The fraction of sp³-hybridized carbons (Fsp3) is 0.750. The van der Waals surface area contributed by atoms with Crippen molar-refractivity contribution in [1.82, 2.24) is 5.32 Å². The van der Waals surface area contributed by atoms with E-state index in [1.807, 2.05) is 27.7 Å². The minimum absolute atomic E-state index is 0.545. The highest BCUT2D eigenvalue weighted by Gasteiger charge is 1.64. The molecule has 0 atom stereocenters. The molecule has 0 aromatic rings. The van der Waals surface area contributed by atoms with E-state index in [1.165, 1.54) is 0 Å². The predicted octanol–water partition coefficient (Wildman–Crippen LogP) is 2.38. The first-order chi connectivity index (χ1) is 4.91. The second kappa shape index (κ2) is 39.0. The third-order valence-corrected chi connectivity index (χ3v) is 0.372. The summed E-state index contributed by atoms with van der Waals surface area (Å²) in [5.74, 6) is 0. The SMILES string of the molecule is C=CNCOC.CC.CC. The standard InChI is InChI=1S/C4H9NO.2C2H6/c1-3-5-4-6-2;2*1-2/h3,5H,1,4H2,2H3;2*1-2H3. The Kier molecular flexibility index (Phi) is 63.4. The first-order valence-electron chi connectivity index (χ1n) is 3.75. The van der Waals surface area contributed by atoms with Crippen molar-refractivity contribution >= 4 is 0 Å².